The molecule has 128 valence electrons. The highest BCUT2D eigenvalue weighted by Gasteiger charge is 2.38. The van der Waals surface area contributed by atoms with Gasteiger partial charge in [-0.25, -0.2) is 14.8 Å². The number of aliphatic carboxylic acids is 1. The SMILES string of the molecule is O=C(O)/C(=C(\c1ccncn1)[C@H]1CC2CCN1CC2)c1ccccc1. The zero-order valence-corrected chi connectivity index (χ0v) is 14.0. The second kappa shape index (κ2) is 6.76. The first-order valence-electron chi connectivity index (χ1n) is 8.77. The first-order chi connectivity index (χ1) is 12.2. The normalized spacial score (nSPS) is 26.2. The molecule has 25 heavy (non-hydrogen) atoms. The summed E-state index contributed by atoms with van der Waals surface area (Å²) in [5, 5.41) is 10.0. The van der Waals surface area contributed by atoms with Gasteiger partial charge in [0.15, 0.2) is 0 Å². The van der Waals surface area contributed by atoms with E-state index in [4.69, 9.17) is 0 Å². The predicted molar refractivity (Wildman–Crippen MR) is 95.6 cm³/mol. The minimum atomic E-state index is -0.901. The number of carbonyl (C=O) groups is 1. The van der Waals surface area contributed by atoms with Crippen LogP contribution >= 0.6 is 0 Å². The predicted octanol–water partition coefficient (Wildman–Crippen LogP) is 2.96. The number of rotatable bonds is 4. The molecule has 0 saturated carbocycles. The largest absolute Gasteiger partial charge is 0.478 e. The number of benzene rings is 1. The molecule has 0 spiro atoms. The Morgan fingerprint density at radius 1 is 1.12 bits per heavy atom. The van der Waals surface area contributed by atoms with Crippen LogP contribution in [-0.4, -0.2) is 45.1 Å². The Kier molecular flexibility index (Phi) is 4.32. The summed E-state index contributed by atoms with van der Waals surface area (Å²) in [7, 11) is 0. The highest BCUT2D eigenvalue weighted by molar-refractivity contribution is 6.24. The van der Waals surface area contributed by atoms with Crippen molar-refractivity contribution in [1.29, 1.82) is 0 Å². The van der Waals surface area contributed by atoms with E-state index in [1.807, 2.05) is 36.4 Å². The van der Waals surface area contributed by atoms with Crippen molar-refractivity contribution in [3.63, 3.8) is 0 Å². The summed E-state index contributed by atoms with van der Waals surface area (Å²) in [5.74, 6) is -0.222. The molecule has 0 amide bonds. The average Bonchev–Trinajstić information content (AvgIpc) is 2.68. The maximum absolute atomic E-state index is 12.2. The number of carboxylic acid groups (broad SMARTS) is 1. The molecule has 3 saturated heterocycles. The lowest BCUT2D eigenvalue weighted by Crippen LogP contribution is -2.49. The van der Waals surface area contributed by atoms with Crippen LogP contribution in [0.4, 0.5) is 0 Å². The highest BCUT2D eigenvalue weighted by atomic mass is 16.4. The summed E-state index contributed by atoms with van der Waals surface area (Å²) in [4.78, 5) is 23.1. The zero-order chi connectivity index (χ0) is 17.2. The lowest BCUT2D eigenvalue weighted by Gasteiger charge is -2.46. The molecule has 0 radical (unpaired) electrons. The van der Waals surface area contributed by atoms with Crippen molar-refractivity contribution in [3.8, 4) is 0 Å². The third-order valence-electron chi connectivity index (χ3n) is 5.38. The van der Waals surface area contributed by atoms with E-state index in [1.54, 1.807) is 6.20 Å². The fourth-order valence-electron chi connectivity index (χ4n) is 4.18. The van der Waals surface area contributed by atoms with Gasteiger partial charge < -0.3 is 5.11 Å². The molecule has 1 N–H and O–H groups in total. The molecule has 1 atom stereocenters. The van der Waals surface area contributed by atoms with Crippen LogP contribution in [0.2, 0.25) is 0 Å². The van der Waals surface area contributed by atoms with Crippen molar-refractivity contribution in [3.05, 3.63) is 60.2 Å². The molecule has 5 nitrogen and oxygen atoms in total. The second-order valence-corrected chi connectivity index (χ2v) is 6.79. The van der Waals surface area contributed by atoms with E-state index >= 15 is 0 Å². The molecule has 3 aliphatic heterocycles. The third kappa shape index (κ3) is 3.07. The topological polar surface area (TPSA) is 66.3 Å². The van der Waals surface area contributed by atoms with E-state index in [0.29, 0.717) is 17.2 Å². The van der Waals surface area contributed by atoms with Crippen LogP contribution in [-0.2, 0) is 4.79 Å². The number of aromatic nitrogens is 2. The first-order valence-corrected chi connectivity index (χ1v) is 8.77. The quantitative estimate of drug-likeness (QED) is 0.870. The number of nitrogens with zero attached hydrogens (tertiary/aromatic N) is 3. The van der Waals surface area contributed by atoms with Gasteiger partial charge in [0.2, 0.25) is 0 Å². The van der Waals surface area contributed by atoms with Crippen molar-refractivity contribution >= 4 is 17.1 Å². The Labute approximate surface area is 147 Å². The van der Waals surface area contributed by atoms with Crippen LogP contribution in [0.15, 0.2) is 48.9 Å². The van der Waals surface area contributed by atoms with E-state index < -0.39 is 5.97 Å². The number of fused-ring (bicyclic) bond motifs is 3. The Bertz CT molecular complexity index is 781. The van der Waals surface area contributed by atoms with Gasteiger partial charge >= 0.3 is 5.97 Å². The summed E-state index contributed by atoms with van der Waals surface area (Å²) in [6, 6.07) is 11.3. The van der Waals surface area contributed by atoms with Crippen LogP contribution in [0.3, 0.4) is 0 Å². The monoisotopic (exact) mass is 335 g/mol. The van der Waals surface area contributed by atoms with Gasteiger partial charge in [0.05, 0.1) is 11.3 Å². The molecule has 3 fully saturated rings. The lowest BCUT2D eigenvalue weighted by molar-refractivity contribution is -0.130. The Morgan fingerprint density at radius 3 is 2.44 bits per heavy atom. The summed E-state index contributed by atoms with van der Waals surface area (Å²) in [6.45, 7) is 2.07. The van der Waals surface area contributed by atoms with E-state index in [1.165, 1.54) is 19.2 Å². The van der Waals surface area contributed by atoms with Gasteiger partial charge in [-0.1, -0.05) is 30.3 Å². The van der Waals surface area contributed by atoms with Gasteiger partial charge in [-0.15, -0.1) is 0 Å². The molecular formula is C20H21N3O2. The van der Waals surface area contributed by atoms with Gasteiger partial charge in [0, 0.05) is 17.8 Å². The van der Waals surface area contributed by atoms with Crippen LogP contribution in [0.5, 0.6) is 0 Å². The molecule has 1 aromatic heterocycles. The number of hydrogen-bond acceptors (Lipinski definition) is 4. The molecule has 5 rings (SSSR count). The molecule has 4 heterocycles. The van der Waals surface area contributed by atoms with E-state index in [2.05, 4.69) is 14.9 Å². The van der Waals surface area contributed by atoms with E-state index in [9.17, 15) is 9.90 Å². The molecule has 2 bridgehead atoms. The minimum absolute atomic E-state index is 0.105. The van der Waals surface area contributed by atoms with Crippen molar-refractivity contribution < 1.29 is 9.90 Å². The molecule has 2 aromatic rings. The fraction of sp³-hybridized carbons (Fsp3) is 0.350. The van der Waals surface area contributed by atoms with Crippen LogP contribution < -0.4 is 0 Å². The number of carboxylic acids is 1. The Balaban J connectivity index is 1.91. The molecule has 3 aliphatic rings. The summed E-state index contributed by atoms with van der Waals surface area (Å²) in [5.41, 5.74) is 2.63. The fourth-order valence-corrected chi connectivity index (χ4v) is 4.18. The van der Waals surface area contributed by atoms with Gasteiger partial charge in [0.25, 0.3) is 0 Å². The standard InChI is InChI=1S/C20H21N3O2/c24-20(25)18(15-4-2-1-3-5-15)19(16-6-9-21-13-22-16)17-12-14-7-10-23(17)11-8-14/h1-6,9,13-14,17H,7-8,10-12H2,(H,24,25)/b19-18+/t17-/m1/s1. The molecule has 1 aromatic carbocycles. The van der Waals surface area contributed by atoms with Gasteiger partial charge in [-0.05, 0) is 49.9 Å². The maximum atomic E-state index is 12.2. The highest BCUT2D eigenvalue weighted by Crippen LogP contribution is 2.40. The smallest absolute Gasteiger partial charge is 0.336 e. The van der Waals surface area contributed by atoms with Gasteiger partial charge in [-0.2, -0.15) is 0 Å². The Morgan fingerprint density at radius 2 is 1.88 bits per heavy atom. The molecular weight excluding hydrogens is 314 g/mol. The van der Waals surface area contributed by atoms with Crippen LogP contribution in [0.25, 0.3) is 11.1 Å². The summed E-state index contributed by atoms with van der Waals surface area (Å²) in [6.07, 6.45) is 6.60. The van der Waals surface area contributed by atoms with E-state index in [-0.39, 0.29) is 6.04 Å². The van der Waals surface area contributed by atoms with Gasteiger partial charge in [-0.3, -0.25) is 4.90 Å². The molecule has 5 heteroatoms. The van der Waals surface area contributed by atoms with Crippen LogP contribution in [0.1, 0.15) is 30.5 Å². The Hall–Kier alpha value is -2.53. The lowest BCUT2D eigenvalue weighted by atomic mass is 9.78. The van der Waals surface area contributed by atoms with E-state index in [0.717, 1.165) is 30.6 Å². The molecule has 0 aliphatic carbocycles. The van der Waals surface area contributed by atoms with Gasteiger partial charge in [0.1, 0.15) is 6.33 Å². The van der Waals surface area contributed by atoms with Crippen molar-refractivity contribution in [2.45, 2.75) is 25.3 Å². The zero-order valence-electron chi connectivity index (χ0n) is 14.0. The number of piperidine rings is 3. The maximum Gasteiger partial charge on any atom is 0.336 e. The average molecular weight is 335 g/mol. The van der Waals surface area contributed by atoms with Crippen LogP contribution in [0, 0.1) is 5.92 Å². The summed E-state index contributed by atoms with van der Waals surface area (Å²) >= 11 is 0. The summed E-state index contributed by atoms with van der Waals surface area (Å²) < 4.78 is 0. The second-order valence-electron chi connectivity index (χ2n) is 6.79. The van der Waals surface area contributed by atoms with Crippen molar-refractivity contribution in [2.24, 2.45) is 5.92 Å². The van der Waals surface area contributed by atoms with Crippen molar-refractivity contribution in [1.82, 2.24) is 14.9 Å². The molecule has 0 unspecified atom stereocenters. The number of hydrogen-bond donors (Lipinski definition) is 1. The first kappa shape index (κ1) is 16.0. The van der Waals surface area contributed by atoms with Crippen molar-refractivity contribution in [2.75, 3.05) is 13.1 Å². The minimum Gasteiger partial charge on any atom is -0.478 e. The third-order valence-corrected chi connectivity index (χ3v) is 5.38.